The quantitative estimate of drug-likeness (QED) is 0.393. The van der Waals surface area contributed by atoms with Crippen molar-refractivity contribution in [3.8, 4) is 16.9 Å². The maximum atomic E-state index is 12.5. The molecule has 1 atom stereocenters. The minimum atomic E-state index is -0.486. The summed E-state index contributed by atoms with van der Waals surface area (Å²) in [5.41, 5.74) is 4.96. The van der Waals surface area contributed by atoms with Gasteiger partial charge in [-0.1, -0.05) is 6.92 Å². The number of ether oxygens (including phenoxy) is 3. The number of rotatable bonds is 6. The summed E-state index contributed by atoms with van der Waals surface area (Å²) in [4.78, 5) is 14.3. The van der Waals surface area contributed by atoms with E-state index in [2.05, 4.69) is 42.8 Å². The predicted molar refractivity (Wildman–Crippen MR) is 150 cm³/mol. The number of pyridine rings is 1. The lowest BCUT2D eigenvalue weighted by molar-refractivity contribution is 0.0184. The summed E-state index contributed by atoms with van der Waals surface area (Å²) in [5.74, 6) is 1.35. The molecule has 0 aliphatic carbocycles. The van der Waals surface area contributed by atoms with Gasteiger partial charge in [0.25, 0.3) is 0 Å². The van der Waals surface area contributed by atoms with Crippen molar-refractivity contribution < 1.29 is 19.0 Å². The molecule has 212 valence electrons. The monoisotopic (exact) mass is 537 g/mol. The number of hydrogen-bond acceptors (Lipinski definition) is 6. The van der Waals surface area contributed by atoms with Gasteiger partial charge in [0, 0.05) is 54.9 Å². The second-order valence-corrected chi connectivity index (χ2v) is 12.0. The van der Waals surface area contributed by atoms with Crippen molar-refractivity contribution in [1.29, 1.82) is 0 Å². The van der Waals surface area contributed by atoms with Crippen LogP contribution in [0, 0.1) is 12.8 Å². The first kappa shape index (κ1) is 27.5. The fourth-order valence-corrected chi connectivity index (χ4v) is 5.82. The van der Waals surface area contributed by atoms with Gasteiger partial charge in [-0.2, -0.15) is 10.2 Å². The number of carbonyl (C=O) groups is 1. The van der Waals surface area contributed by atoms with Crippen LogP contribution in [0.25, 0.3) is 16.6 Å². The third-order valence-electron chi connectivity index (χ3n) is 8.09. The summed E-state index contributed by atoms with van der Waals surface area (Å²) in [6, 6.07) is 2.40. The van der Waals surface area contributed by atoms with Gasteiger partial charge in [0.15, 0.2) is 0 Å². The van der Waals surface area contributed by atoms with Gasteiger partial charge in [-0.15, -0.1) is 0 Å². The van der Waals surface area contributed by atoms with Crippen LogP contribution in [0.1, 0.15) is 77.6 Å². The molecule has 0 saturated carbocycles. The normalized spacial score (nSPS) is 18.5. The molecule has 39 heavy (non-hydrogen) atoms. The van der Waals surface area contributed by atoms with Crippen molar-refractivity contribution in [3.63, 3.8) is 0 Å². The summed E-state index contributed by atoms with van der Waals surface area (Å²) in [5, 5.41) is 9.48. The smallest absolute Gasteiger partial charge is 0.410 e. The highest BCUT2D eigenvalue weighted by molar-refractivity contribution is 5.74. The van der Waals surface area contributed by atoms with Gasteiger partial charge in [0.05, 0.1) is 24.5 Å². The van der Waals surface area contributed by atoms with Crippen molar-refractivity contribution in [1.82, 2.24) is 24.3 Å². The molecule has 2 aliphatic rings. The van der Waals surface area contributed by atoms with Gasteiger partial charge in [0.2, 0.25) is 0 Å². The molecular formula is C30H43N5O4. The van der Waals surface area contributed by atoms with Crippen LogP contribution in [0.5, 0.6) is 5.75 Å². The molecule has 9 nitrogen and oxygen atoms in total. The van der Waals surface area contributed by atoms with E-state index in [1.165, 1.54) is 5.56 Å². The minimum absolute atomic E-state index is 0.0894. The molecule has 0 N–H and O–H groups in total. The lowest BCUT2D eigenvalue weighted by Crippen LogP contribution is -2.42. The number of carbonyl (C=O) groups excluding carboxylic acids is 1. The molecule has 0 spiro atoms. The van der Waals surface area contributed by atoms with E-state index in [1.54, 1.807) is 0 Å². The summed E-state index contributed by atoms with van der Waals surface area (Å²) >= 11 is 0. The van der Waals surface area contributed by atoms with Crippen molar-refractivity contribution in [3.05, 3.63) is 35.9 Å². The maximum Gasteiger partial charge on any atom is 0.410 e. The van der Waals surface area contributed by atoms with E-state index in [-0.39, 0.29) is 18.2 Å². The first-order valence-corrected chi connectivity index (χ1v) is 14.4. The van der Waals surface area contributed by atoms with Gasteiger partial charge < -0.3 is 19.1 Å². The molecule has 2 aliphatic heterocycles. The molecule has 0 unspecified atom stereocenters. The predicted octanol–water partition coefficient (Wildman–Crippen LogP) is 5.83. The first-order chi connectivity index (χ1) is 18.6. The number of hydrogen-bond donors (Lipinski definition) is 0. The van der Waals surface area contributed by atoms with Crippen LogP contribution in [-0.4, -0.2) is 68.4 Å². The summed E-state index contributed by atoms with van der Waals surface area (Å²) in [6.07, 6.45) is 10.5. The number of amides is 1. The number of likely N-dealkylation sites (tertiary alicyclic amines) is 1. The zero-order valence-corrected chi connectivity index (χ0v) is 24.3. The highest BCUT2D eigenvalue weighted by Gasteiger charge is 2.29. The summed E-state index contributed by atoms with van der Waals surface area (Å²) < 4.78 is 21.9. The fraction of sp³-hybridized carbons (Fsp3) is 0.633. The molecule has 3 aromatic heterocycles. The van der Waals surface area contributed by atoms with Crippen molar-refractivity contribution in [2.24, 2.45) is 5.92 Å². The highest BCUT2D eigenvalue weighted by atomic mass is 16.6. The topological polar surface area (TPSA) is 83.1 Å². The van der Waals surface area contributed by atoms with Gasteiger partial charge in [0.1, 0.15) is 16.9 Å². The van der Waals surface area contributed by atoms with Crippen LogP contribution in [-0.2, 0) is 15.9 Å². The molecule has 2 fully saturated rings. The molecule has 5 rings (SSSR count). The number of aryl methyl sites for hydroxylation is 1. The average Bonchev–Trinajstić information content (AvgIpc) is 3.51. The number of fused-ring (bicyclic) bond motifs is 1. The molecule has 1 amide bonds. The van der Waals surface area contributed by atoms with E-state index >= 15 is 0 Å². The van der Waals surface area contributed by atoms with Crippen molar-refractivity contribution in [2.45, 2.75) is 91.4 Å². The van der Waals surface area contributed by atoms with E-state index in [9.17, 15) is 4.79 Å². The van der Waals surface area contributed by atoms with Gasteiger partial charge >= 0.3 is 6.09 Å². The fourth-order valence-electron chi connectivity index (χ4n) is 5.82. The molecule has 5 heterocycles. The van der Waals surface area contributed by atoms with Gasteiger partial charge in [-0.25, -0.2) is 9.31 Å². The molecular weight excluding hydrogens is 494 g/mol. The Morgan fingerprint density at radius 2 is 1.85 bits per heavy atom. The third-order valence-corrected chi connectivity index (χ3v) is 8.09. The highest BCUT2D eigenvalue weighted by Crippen LogP contribution is 2.35. The van der Waals surface area contributed by atoms with E-state index in [4.69, 9.17) is 19.3 Å². The lowest BCUT2D eigenvalue weighted by Gasteiger charge is -2.34. The van der Waals surface area contributed by atoms with Crippen LogP contribution < -0.4 is 4.74 Å². The van der Waals surface area contributed by atoms with Crippen LogP contribution in [0.4, 0.5) is 4.79 Å². The van der Waals surface area contributed by atoms with Crippen molar-refractivity contribution >= 4 is 11.6 Å². The largest absolute Gasteiger partial charge is 0.488 e. The Bertz CT molecular complexity index is 1290. The van der Waals surface area contributed by atoms with Gasteiger partial charge in [-0.05, 0) is 78.7 Å². The third kappa shape index (κ3) is 5.93. The van der Waals surface area contributed by atoms with Crippen LogP contribution >= 0.6 is 0 Å². The Kier molecular flexibility index (Phi) is 7.89. The minimum Gasteiger partial charge on any atom is -0.488 e. The molecule has 3 aromatic rings. The van der Waals surface area contributed by atoms with E-state index in [0.717, 1.165) is 73.4 Å². The van der Waals surface area contributed by atoms with E-state index < -0.39 is 5.60 Å². The first-order valence-electron chi connectivity index (χ1n) is 14.4. The summed E-state index contributed by atoms with van der Waals surface area (Å²) in [6.45, 7) is 15.1. The molecule has 0 aromatic carbocycles. The van der Waals surface area contributed by atoms with E-state index in [0.29, 0.717) is 19.0 Å². The zero-order valence-electron chi connectivity index (χ0n) is 24.3. The molecule has 0 radical (unpaired) electrons. The second-order valence-electron chi connectivity index (χ2n) is 12.0. The lowest BCUT2D eigenvalue weighted by atomic mass is 9.95. The average molecular weight is 538 g/mol. The molecule has 2 saturated heterocycles. The Hall–Kier alpha value is -3.07. The number of piperidine rings is 1. The van der Waals surface area contributed by atoms with E-state index in [1.807, 2.05) is 42.6 Å². The zero-order chi connectivity index (χ0) is 27.7. The summed E-state index contributed by atoms with van der Waals surface area (Å²) in [7, 11) is 0. The number of nitrogens with zero attached hydrogens (tertiary/aromatic N) is 5. The SMILES string of the molecule is CCc1cnn2cc(-c3cnn(C4CCN(C(=O)OC(C)(C)C)CC4)c3C)cc(O[C@H](C)C3CCOCC3)c12. The molecule has 0 bridgehead atoms. The Balaban J connectivity index is 1.37. The second kappa shape index (κ2) is 11.2. The van der Waals surface area contributed by atoms with Crippen LogP contribution in [0.15, 0.2) is 24.7 Å². The van der Waals surface area contributed by atoms with Crippen LogP contribution in [0.3, 0.4) is 0 Å². The molecule has 9 heteroatoms. The maximum absolute atomic E-state index is 12.5. The van der Waals surface area contributed by atoms with Gasteiger partial charge in [-0.3, -0.25) is 4.68 Å². The van der Waals surface area contributed by atoms with Crippen LogP contribution in [0.2, 0.25) is 0 Å². The van der Waals surface area contributed by atoms with Crippen molar-refractivity contribution in [2.75, 3.05) is 26.3 Å². The Morgan fingerprint density at radius 1 is 1.13 bits per heavy atom. The Labute approximate surface area is 231 Å². The number of aromatic nitrogens is 4. The standard InChI is InChI=1S/C30H43N5O4/c1-7-22-17-31-34-19-24(16-27(28(22)34)38-21(3)23-10-14-37-15-11-23)26-18-32-35(20(26)2)25-8-12-33(13-9-25)29(36)39-30(4,5)6/h16-19,21,23,25H,7-15H2,1-6H3/t21-/m1/s1. The Morgan fingerprint density at radius 3 is 2.51 bits per heavy atom.